The number of benzene rings is 1. The van der Waals surface area contributed by atoms with Gasteiger partial charge < -0.3 is 10.4 Å². The Morgan fingerprint density at radius 3 is 2.58 bits per heavy atom. The van der Waals surface area contributed by atoms with E-state index in [1.807, 2.05) is 30.3 Å². The van der Waals surface area contributed by atoms with Gasteiger partial charge in [-0.1, -0.05) is 30.3 Å². The minimum Gasteiger partial charge on any atom is -0.465 e. The fourth-order valence-corrected chi connectivity index (χ4v) is 1.85. The number of carbonyl (C=O) groups is 1. The maximum Gasteiger partial charge on any atom is 0.405 e. The van der Waals surface area contributed by atoms with Crippen molar-refractivity contribution in [2.45, 2.75) is 38.4 Å². The highest BCUT2D eigenvalue weighted by atomic mass is 16.4. The van der Waals surface area contributed by atoms with Gasteiger partial charge in [-0.3, -0.25) is 5.32 Å². The third-order valence-corrected chi connectivity index (χ3v) is 2.71. The van der Waals surface area contributed by atoms with Crippen molar-refractivity contribution >= 4 is 6.09 Å². The van der Waals surface area contributed by atoms with Gasteiger partial charge in [0.25, 0.3) is 0 Å². The molecule has 3 N–H and O–H groups in total. The molecule has 0 aliphatic rings. The third-order valence-electron chi connectivity index (χ3n) is 2.71. The molecule has 0 fully saturated rings. The topological polar surface area (TPSA) is 85.2 Å². The molecule has 1 rings (SSSR count). The van der Waals surface area contributed by atoms with E-state index in [1.165, 1.54) is 0 Å². The summed E-state index contributed by atoms with van der Waals surface area (Å²) < 4.78 is 0. The first-order valence-electron chi connectivity index (χ1n) is 6.11. The van der Waals surface area contributed by atoms with Crippen molar-refractivity contribution in [1.29, 1.82) is 5.26 Å². The van der Waals surface area contributed by atoms with Crippen molar-refractivity contribution in [1.82, 2.24) is 10.6 Å². The minimum absolute atomic E-state index is 0.401. The van der Waals surface area contributed by atoms with E-state index in [4.69, 9.17) is 10.4 Å². The molecule has 0 spiro atoms. The van der Waals surface area contributed by atoms with E-state index in [0.29, 0.717) is 13.0 Å². The molecule has 1 amide bonds. The van der Waals surface area contributed by atoms with E-state index in [-0.39, 0.29) is 0 Å². The summed E-state index contributed by atoms with van der Waals surface area (Å²) in [6.45, 7) is 4.10. The molecule has 1 aromatic carbocycles. The maximum absolute atomic E-state index is 10.6. The molecule has 19 heavy (non-hydrogen) atoms. The maximum atomic E-state index is 10.6. The van der Waals surface area contributed by atoms with Crippen LogP contribution in [0.15, 0.2) is 30.3 Å². The molecule has 0 aliphatic heterocycles. The van der Waals surface area contributed by atoms with Crippen molar-refractivity contribution in [2.24, 2.45) is 0 Å². The molecular formula is C14H19N3O2. The number of hydrogen-bond donors (Lipinski definition) is 3. The van der Waals surface area contributed by atoms with Gasteiger partial charge in [0.2, 0.25) is 0 Å². The molecule has 0 bridgehead atoms. The summed E-state index contributed by atoms with van der Waals surface area (Å²) in [5.74, 6) is 0. The quantitative estimate of drug-likeness (QED) is 0.732. The fourth-order valence-electron chi connectivity index (χ4n) is 1.85. The summed E-state index contributed by atoms with van der Waals surface area (Å²) in [6.07, 6.45) is -0.674. The van der Waals surface area contributed by atoms with Crippen molar-refractivity contribution in [3.8, 4) is 6.07 Å². The van der Waals surface area contributed by atoms with E-state index >= 15 is 0 Å². The van der Waals surface area contributed by atoms with Gasteiger partial charge in [0, 0.05) is 12.1 Å². The molecule has 1 unspecified atom stereocenters. The van der Waals surface area contributed by atoms with E-state index in [2.05, 4.69) is 16.7 Å². The van der Waals surface area contributed by atoms with Crippen LogP contribution in [0.3, 0.4) is 0 Å². The van der Waals surface area contributed by atoms with Gasteiger partial charge in [0.1, 0.15) is 0 Å². The second-order valence-corrected chi connectivity index (χ2v) is 5.07. The number of hydrogen-bond acceptors (Lipinski definition) is 3. The molecule has 1 atom stereocenters. The van der Waals surface area contributed by atoms with Crippen molar-refractivity contribution in [3.63, 3.8) is 0 Å². The zero-order valence-electron chi connectivity index (χ0n) is 11.2. The minimum atomic E-state index is -1.08. The molecule has 0 radical (unpaired) electrons. The van der Waals surface area contributed by atoms with Crippen LogP contribution < -0.4 is 10.6 Å². The lowest BCUT2D eigenvalue weighted by Gasteiger charge is -2.27. The predicted octanol–water partition coefficient (Wildman–Crippen LogP) is 2.10. The van der Waals surface area contributed by atoms with Crippen LogP contribution in [0.5, 0.6) is 0 Å². The highest BCUT2D eigenvalue weighted by Gasteiger charge is 2.24. The first-order chi connectivity index (χ1) is 8.93. The average Bonchev–Trinajstić information content (AvgIpc) is 2.34. The normalized spacial score (nSPS) is 12.5. The Morgan fingerprint density at radius 2 is 2.05 bits per heavy atom. The SMILES string of the molecule is CC(C)(CC(C#N)NCc1ccccc1)NC(=O)O. The largest absolute Gasteiger partial charge is 0.465 e. The second kappa shape index (κ2) is 6.76. The molecule has 0 aromatic heterocycles. The summed E-state index contributed by atoms with van der Waals surface area (Å²) in [4.78, 5) is 10.6. The number of nitrogens with one attached hydrogen (secondary N) is 2. The second-order valence-electron chi connectivity index (χ2n) is 5.07. The van der Waals surface area contributed by atoms with Gasteiger partial charge >= 0.3 is 6.09 Å². The summed E-state index contributed by atoms with van der Waals surface area (Å²) in [6, 6.07) is 11.5. The smallest absolute Gasteiger partial charge is 0.405 e. The standard InChI is InChI=1S/C14H19N3O2/c1-14(2,17-13(18)19)8-12(9-15)16-10-11-6-4-3-5-7-11/h3-7,12,16-17H,8,10H2,1-2H3,(H,18,19). The van der Waals surface area contributed by atoms with Crippen LogP contribution in [-0.2, 0) is 6.54 Å². The van der Waals surface area contributed by atoms with Crippen LogP contribution in [0.4, 0.5) is 4.79 Å². The molecule has 0 saturated carbocycles. The molecule has 0 heterocycles. The van der Waals surface area contributed by atoms with Gasteiger partial charge in [-0.2, -0.15) is 5.26 Å². The number of amides is 1. The zero-order valence-corrected chi connectivity index (χ0v) is 11.2. The third kappa shape index (κ3) is 5.89. The van der Waals surface area contributed by atoms with Crippen LogP contribution in [0, 0.1) is 11.3 Å². The van der Waals surface area contributed by atoms with Crippen LogP contribution >= 0.6 is 0 Å². The van der Waals surface area contributed by atoms with Crippen molar-refractivity contribution in [3.05, 3.63) is 35.9 Å². The van der Waals surface area contributed by atoms with Gasteiger partial charge in [-0.05, 0) is 25.8 Å². The number of carboxylic acid groups (broad SMARTS) is 1. The van der Waals surface area contributed by atoms with E-state index in [1.54, 1.807) is 13.8 Å². The van der Waals surface area contributed by atoms with Crippen LogP contribution in [0.1, 0.15) is 25.8 Å². The molecule has 0 saturated heterocycles. The summed E-state index contributed by atoms with van der Waals surface area (Å²) in [5.41, 5.74) is 0.447. The summed E-state index contributed by atoms with van der Waals surface area (Å²) in [7, 11) is 0. The Labute approximate surface area is 113 Å². The molecule has 0 aliphatic carbocycles. The Bertz CT molecular complexity index is 452. The van der Waals surface area contributed by atoms with Crippen LogP contribution in [-0.4, -0.2) is 22.8 Å². The van der Waals surface area contributed by atoms with Crippen LogP contribution in [0.2, 0.25) is 0 Å². The number of nitriles is 1. The fraction of sp³-hybridized carbons (Fsp3) is 0.429. The lowest BCUT2D eigenvalue weighted by Crippen LogP contribution is -2.47. The van der Waals surface area contributed by atoms with E-state index in [9.17, 15) is 4.79 Å². The highest BCUT2D eigenvalue weighted by Crippen LogP contribution is 2.12. The average molecular weight is 261 g/mol. The molecule has 102 valence electrons. The van der Waals surface area contributed by atoms with Crippen LogP contribution in [0.25, 0.3) is 0 Å². The Kier molecular flexibility index (Phi) is 5.34. The Balaban J connectivity index is 2.51. The predicted molar refractivity (Wildman–Crippen MR) is 72.5 cm³/mol. The molecular weight excluding hydrogens is 242 g/mol. The monoisotopic (exact) mass is 261 g/mol. The van der Waals surface area contributed by atoms with E-state index in [0.717, 1.165) is 5.56 Å². The lowest BCUT2D eigenvalue weighted by molar-refractivity contribution is 0.179. The van der Waals surface area contributed by atoms with Crippen molar-refractivity contribution < 1.29 is 9.90 Å². The molecule has 5 heteroatoms. The number of rotatable bonds is 6. The highest BCUT2D eigenvalue weighted by molar-refractivity contribution is 5.65. The van der Waals surface area contributed by atoms with Gasteiger partial charge in [0.05, 0.1) is 12.1 Å². The Hall–Kier alpha value is -2.06. The first-order valence-corrected chi connectivity index (χ1v) is 6.11. The summed E-state index contributed by atoms with van der Waals surface area (Å²) in [5, 5.41) is 23.4. The lowest BCUT2D eigenvalue weighted by atomic mass is 9.96. The molecule has 5 nitrogen and oxygen atoms in total. The summed E-state index contributed by atoms with van der Waals surface area (Å²) >= 11 is 0. The van der Waals surface area contributed by atoms with Crippen molar-refractivity contribution in [2.75, 3.05) is 0 Å². The van der Waals surface area contributed by atoms with Gasteiger partial charge in [-0.25, -0.2) is 4.79 Å². The zero-order chi connectivity index (χ0) is 14.3. The van der Waals surface area contributed by atoms with Gasteiger partial charge in [-0.15, -0.1) is 0 Å². The van der Waals surface area contributed by atoms with Gasteiger partial charge in [0.15, 0.2) is 0 Å². The van der Waals surface area contributed by atoms with E-state index < -0.39 is 17.7 Å². The number of nitrogens with zero attached hydrogens (tertiary/aromatic N) is 1. The molecule has 1 aromatic rings. The Morgan fingerprint density at radius 1 is 1.42 bits per heavy atom. The first kappa shape index (κ1) is 15.0.